The molecular weight excluding hydrogens is 288 g/mol. The summed E-state index contributed by atoms with van der Waals surface area (Å²) < 4.78 is 5.26. The van der Waals surface area contributed by atoms with Gasteiger partial charge in [0.25, 0.3) is 0 Å². The van der Waals surface area contributed by atoms with E-state index >= 15 is 0 Å². The largest absolute Gasteiger partial charge is 0.377 e. The van der Waals surface area contributed by atoms with Crippen LogP contribution in [0.15, 0.2) is 36.7 Å². The third kappa shape index (κ3) is 3.29. The molecule has 1 saturated carbocycles. The Bertz CT molecular complexity index is 651. The fourth-order valence-corrected chi connectivity index (χ4v) is 3.16. The second-order valence-corrected chi connectivity index (χ2v) is 6.34. The quantitative estimate of drug-likeness (QED) is 0.887. The summed E-state index contributed by atoms with van der Waals surface area (Å²) in [6, 6.07) is 9.08. The molecule has 1 aliphatic heterocycles. The van der Waals surface area contributed by atoms with Gasteiger partial charge in [0.05, 0.1) is 30.6 Å². The monoisotopic (exact) mass is 310 g/mol. The van der Waals surface area contributed by atoms with Crippen LogP contribution in [0.25, 0.3) is 11.3 Å². The van der Waals surface area contributed by atoms with E-state index in [9.17, 15) is 0 Å². The second kappa shape index (κ2) is 6.54. The topological polar surface area (TPSA) is 59.1 Å². The molecule has 0 aromatic carbocycles. The highest BCUT2D eigenvalue weighted by molar-refractivity contribution is 5.71. The van der Waals surface area contributed by atoms with Gasteiger partial charge in [-0.05, 0) is 37.1 Å². The van der Waals surface area contributed by atoms with Gasteiger partial charge in [-0.1, -0.05) is 12.8 Å². The molecule has 4 rings (SSSR count). The summed E-state index contributed by atoms with van der Waals surface area (Å²) >= 11 is 0. The van der Waals surface area contributed by atoms with Crippen molar-refractivity contribution in [3.63, 3.8) is 0 Å². The number of nitrogens with zero attached hydrogens (tertiary/aromatic N) is 2. The molecular formula is C18H22N4O. The van der Waals surface area contributed by atoms with Crippen LogP contribution in [-0.2, 0) is 4.74 Å². The second-order valence-electron chi connectivity index (χ2n) is 6.34. The number of nitrogens with one attached hydrogen (secondary N) is 2. The predicted molar refractivity (Wildman–Crippen MR) is 91.6 cm³/mol. The summed E-state index contributed by atoms with van der Waals surface area (Å²) in [5.74, 6) is 0.949. The average Bonchev–Trinajstić information content (AvgIpc) is 3.06. The number of rotatable bonds is 5. The number of aromatic nitrogens is 2. The van der Waals surface area contributed by atoms with Gasteiger partial charge in [-0.25, -0.2) is 4.98 Å². The van der Waals surface area contributed by atoms with Crippen LogP contribution in [0.3, 0.4) is 0 Å². The van der Waals surface area contributed by atoms with E-state index in [1.165, 1.54) is 25.7 Å². The van der Waals surface area contributed by atoms with Crippen LogP contribution in [-0.4, -0.2) is 35.3 Å². The van der Waals surface area contributed by atoms with Gasteiger partial charge in [0.1, 0.15) is 5.82 Å². The van der Waals surface area contributed by atoms with Crippen molar-refractivity contribution in [2.75, 3.05) is 23.8 Å². The van der Waals surface area contributed by atoms with E-state index in [0.717, 1.165) is 36.0 Å². The average molecular weight is 310 g/mol. The third-order valence-electron chi connectivity index (χ3n) is 4.55. The summed E-state index contributed by atoms with van der Waals surface area (Å²) in [6.07, 6.45) is 8.70. The fraction of sp³-hybridized carbons (Fsp3) is 0.444. The van der Waals surface area contributed by atoms with Gasteiger partial charge >= 0.3 is 0 Å². The highest BCUT2D eigenvalue weighted by atomic mass is 16.5. The van der Waals surface area contributed by atoms with E-state index in [1.54, 1.807) is 6.20 Å². The van der Waals surface area contributed by atoms with Crippen molar-refractivity contribution >= 4 is 11.5 Å². The normalized spacial score (nSPS) is 18.6. The molecule has 2 N–H and O–H groups in total. The van der Waals surface area contributed by atoms with Crippen LogP contribution in [0.1, 0.15) is 25.7 Å². The molecule has 2 aliphatic rings. The zero-order chi connectivity index (χ0) is 15.5. The number of hydrogen-bond acceptors (Lipinski definition) is 5. The van der Waals surface area contributed by atoms with E-state index in [-0.39, 0.29) is 0 Å². The maximum Gasteiger partial charge on any atom is 0.150 e. The van der Waals surface area contributed by atoms with Gasteiger partial charge in [0, 0.05) is 24.0 Å². The van der Waals surface area contributed by atoms with Gasteiger partial charge in [0.15, 0.2) is 0 Å². The first-order chi connectivity index (χ1) is 11.4. The van der Waals surface area contributed by atoms with Crippen molar-refractivity contribution in [3.8, 4) is 11.3 Å². The summed E-state index contributed by atoms with van der Waals surface area (Å²) in [5.41, 5.74) is 3.06. The van der Waals surface area contributed by atoms with E-state index in [2.05, 4.69) is 27.8 Å². The van der Waals surface area contributed by atoms with Crippen LogP contribution in [0.5, 0.6) is 0 Å². The lowest BCUT2D eigenvalue weighted by Gasteiger charge is -2.29. The van der Waals surface area contributed by atoms with Crippen LogP contribution >= 0.6 is 0 Å². The Labute approximate surface area is 136 Å². The Morgan fingerprint density at radius 3 is 2.57 bits per heavy atom. The number of hydrogen-bond donors (Lipinski definition) is 2. The van der Waals surface area contributed by atoms with Crippen molar-refractivity contribution in [1.82, 2.24) is 9.97 Å². The molecule has 0 spiro atoms. The van der Waals surface area contributed by atoms with E-state index in [1.807, 2.05) is 18.3 Å². The van der Waals surface area contributed by atoms with Crippen molar-refractivity contribution in [2.45, 2.75) is 37.8 Å². The number of anilines is 2. The molecule has 23 heavy (non-hydrogen) atoms. The van der Waals surface area contributed by atoms with Gasteiger partial charge in [-0.2, -0.15) is 0 Å². The Morgan fingerprint density at radius 1 is 1.00 bits per heavy atom. The molecule has 120 valence electrons. The molecule has 0 unspecified atom stereocenters. The Hall–Kier alpha value is -2.14. The van der Waals surface area contributed by atoms with Gasteiger partial charge in [-0.15, -0.1) is 0 Å². The first-order valence-electron chi connectivity index (χ1n) is 8.41. The van der Waals surface area contributed by atoms with E-state index in [4.69, 9.17) is 9.72 Å². The van der Waals surface area contributed by atoms with Crippen LogP contribution in [0, 0.1) is 0 Å². The van der Waals surface area contributed by atoms with Crippen molar-refractivity contribution < 1.29 is 4.74 Å². The first-order valence-corrected chi connectivity index (χ1v) is 8.41. The number of pyridine rings is 2. The van der Waals surface area contributed by atoms with Crippen LogP contribution in [0.4, 0.5) is 11.5 Å². The molecule has 0 atom stereocenters. The van der Waals surface area contributed by atoms with Gasteiger partial charge in [-0.3, -0.25) is 4.98 Å². The molecule has 0 radical (unpaired) electrons. The lowest BCUT2D eigenvalue weighted by atomic mass is 10.1. The Morgan fingerprint density at radius 2 is 1.87 bits per heavy atom. The summed E-state index contributed by atoms with van der Waals surface area (Å²) in [7, 11) is 0. The van der Waals surface area contributed by atoms with Crippen LogP contribution in [0.2, 0.25) is 0 Å². The minimum absolute atomic E-state index is 0.394. The van der Waals surface area contributed by atoms with Crippen LogP contribution < -0.4 is 10.6 Å². The van der Waals surface area contributed by atoms with E-state index < -0.39 is 0 Å². The third-order valence-corrected chi connectivity index (χ3v) is 4.55. The Balaban J connectivity index is 1.62. The lowest BCUT2D eigenvalue weighted by molar-refractivity contribution is 0.0211. The predicted octanol–water partition coefficient (Wildman–Crippen LogP) is 3.31. The SMILES string of the molecule is c1cncc(-c2ccc(NC3COC3)c(NC3CCCC3)n2)c1. The molecule has 5 nitrogen and oxygen atoms in total. The van der Waals surface area contributed by atoms with E-state index in [0.29, 0.717) is 12.1 Å². The summed E-state index contributed by atoms with van der Waals surface area (Å²) in [6.45, 7) is 1.54. The molecule has 2 aromatic rings. The molecule has 1 saturated heterocycles. The summed E-state index contributed by atoms with van der Waals surface area (Å²) in [4.78, 5) is 9.06. The highest BCUT2D eigenvalue weighted by Crippen LogP contribution is 2.29. The molecule has 0 bridgehead atoms. The zero-order valence-corrected chi connectivity index (χ0v) is 13.2. The first kappa shape index (κ1) is 14.5. The minimum Gasteiger partial charge on any atom is -0.377 e. The standard InChI is InChI=1S/C18H22N4O/c1-2-6-14(5-1)21-18-17(20-15-11-23-12-15)8-7-16(22-18)13-4-3-9-19-10-13/h3-4,7-10,14-15,20H,1-2,5-6,11-12H2,(H,21,22). The number of ether oxygens (including phenoxy) is 1. The van der Waals surface area contributed by atoms with Crippen molar-refractivity contribution in [2.24, 2.45) is 0 Å². The van der Waals surface area contributed by atoms with Crippen molar-refractivity contribution in [1.29, 1.82) is 0 Å². The smallest absolute Gasteiger partial charge is 0.150 e. The van der Waals surface area contributed by atoms with Gasteiger partial charge < -0.3 is 15.4 Å². The highest BCUT2D eigenvalue weighted by Gasteiger charge is 2.22. The molecule has 2 aromatic heterocycles. The van der Waals surface area contributed by atoms with Crippen molar-refractivity contribution in [3.05, 3.63) is 36.7 Å². The molecule has 5 heteroatoms. The molecule has 1 aliphatic carbocycles. The lowest BCUT2D eigenvalue weighted by Crippen LogP contribution is -2.40. The minimum atomic E-state index is 0.394. The molecule has 2 fully saturated rings. The molecule has 3 heterocycles. The zero-order valence-electron chi connectivity index (χ0n) is 13.2. The van der Waals surface area contributed by atoms with Gasteiger partial charge in [0.2, 0.25) is 0 Å². The maximum atomic E-state index is 5.26. The Kier molecular flexibility index (Phi) is 4.11. The fourth-order valence-electron chi connectivity index (χ4n) is 3.16. The maximum absolute atomic E-state index is 5.26. The molecule has 0 amide bonds. The summed E-state index contributed by atoms with van der Waals surface area (Å²) in [5, 5.41) is 7.17.